The Balaban J connectivity index is 2.37. The molecule has 0 unspecified atom stereocenters. The van der Waals surface area contributed by atoms with Gasteiger partial charge in [-0.1, -0.05) is 13.8 Å². The van der Waals surface area contributed by atoms with Crippen molar-refractivity contribution in [2.75, 3.05) is 0 Å². The second-order valence-electron chi connectivity index (χ2n) is 3.41. The van der Waals surface area contributed by atoms with Crippen molar-refractivity contribution in [1.82, 2.24) is 0 Å². The van der Waals surface area contributed by atoms with Gasteiger partial charge in [-0.3, -0.25) is 0 Å². The van der Waals surface area contributed by atoms with E-state index in [2.05, 4.69) is 13.8 Å². The van der Waals surface area contributed by atoms with Gasteiger partial charge in [-0.05, 0) is 25.2 Å². The number of hydrogen-bond acceptors (Lipinski definition) is 1. The lowest BCUT2D eigenvalue weighted by molar-refractivity contribution is 0.141. The highest BCUT2D eigenvalue weighted by atomic mass is 16.3. The molecule has 0 heterocycles. The van der Waals surface area contributed by atoms with Crippen molar-refractivity contribution < 1.29 is 5.11 Å². The average Bonchev–Trinajstić information content (AvgIpc) is 2.13. The van der Waals surface area contributed by atoms with E-state index < -0.39 is 0 Å². The van der Waals surface area contributed by atoms with E-state index >= 15 is 0 Å². The van der Waals surface area contributed by atoms with E-state index in [1.54, 1.807) is 0 Å². The highest BCUT2D eigenvalue weighted by molar-refractivity contribution is 5.00. The van der Waals surface area contributed by atoms with E-state index in [4.69, 9.17) is 0 Å². The van der Waals surface area contributed by atoms with Gasteiger partial charge in [0.05, 0.1) is 5.60 Å². The van der Waals surface area contributed by atoms with Crippen LogP contribution in [-0.4, -0.2) is 10.7 Å². The smallest absolute Gasteiger partial charge is 0.0655 e. The minimum Gasteiger partial charge on any atom is -0.390 e. The van der Waals surface area contributed by atoms with Crippen LogP contribution in [0.2, 0.25) is 0 Å². The molecule has 1 aliphatic carbocycles. The third-order valence-electron chi connectivity index (χ3n) is 2.08. The number of hydrogen-bond donors (Lipinski definition) is 1. The van der Waals surface area contributed by atoms with Crippen molar-refractivity contribution in [3.05, 3.63) is 0 Å². The molecule has 1 aliphatic rings. The number of rotatable bonds is 1. The summed E-state index contributed by atoms with van der Waals surface area (Å²) in [7, 11) is 0. The summed E-state index contributed by atoms with van der Waals surface area (Å²) in [6.07, 6.45) is 1.00. The lowest BCUT2D eigenvalue weighted by Crippen LogP contribution is -2.07. The predicted octanol–water partition coefficient (Wildman–Crippen LogP) is 1.41. The van der Waals surface area contributed by atoms with Crippen molar-refractivity contribution >= 4 is 0 Å². The maximum atomic E-state index is 9.26. The summed E-state index contributed by atoms with van der Waals surface area (Å²) in [5.74, 6) is 1.23. The highest BCUT2D eigenvalue weighted by Crippen LogP contribution is 2.47. The van der Waals surface area contributed by atoms with Crippen LogP contribution in [0.1, 0.15) is 27.2 Å². The third kappa shape index (κ3) is 0.873. The SMILES string of the molecule is CC(C)[C@@H]1C[C@@]1(C)O. The largest absolute Gasteiger partial charge is 0.390 e. The molecular weight excluding hydrogens is 100 g/mol. The maximum Gasteiger partial charge on any atom is 0.0655 e. The van der Waals surface area contributed by atoms with Crippen molar-refractivity contribution in [3.8, 4) is 0 Å². The van der Waals surface area contributed by atoms with Crippen LogP contribution in [0.4, 0.5) is 0 Å². The summed E-state index contributed by atoms with van der Waals surface area (Å²) < 4.78 is 0. The Kier molecular flexibility index (Phi) is 1.12. The molecule has 0 radical (unpaired) electrons. The van der Waals surface area contributed by atoms with E-state index in [1.807, 2.05) is 6.92 Å². The first-order chi connectivity index (χ1) is 3.54. The second kappa shape index (κ2) is 1.47. The van der Waals surface area contributed by atoms with Gasteiger partial charge >= 0.3 is 0 Å². The lowest BCUT2D eigenvalue weighted by Gasteiger charge is -2.03. The molecule has 1 rings (SSSR count). The molecule has 8 heavy (non-hydrogen) atoms. The van der Waals surface area contributed by atoms with Crippen LogP contribution in [0, 0.1) is 11.8 Å². The van der Waals surface area contributed by atoms with E-state index in [1.165, 1.54) is 0 Å². The first-order valence-electron chi connectivity index (χ1n) is 3.26. The minimum atomic E-state index is -0.311. The van der Waals surface area contributed by atoms with Crippen LogP contribution < -0.4 is 0 Å². The molecule has 0 aromatic carbocycles. The van der Waals surface area contributed by atoms with Gasteiger partial charge in [0.2, 0.25) is 0 Å². The molecule has 0 bridgehead atoms. The van der Waals surface area contributed by atoms with Crippen LogP contribution in [0.5, 0.6) is 0 Å². The molecule has 0 spiro atoms. The standard InChI is InChI=1S/C7H14O/c1-5(2)6-4-7(6,3)8/h5-6,8H,4H2,1-3H3/t6-,7+/m0/s1. The summed E-state index contributed by atoms with van der Waals surface area (Å²) in [6.45, 7) is 6.23. The Hall–Kier alpha value is -0.0400. The van der Waals surface area contributed by atoms with Gasteiger partial charge in [-0.2, -0.15) is 0 Å². The van der Waals surface area contributed by atoms with Crippen LogP contribution >= 0.6 is 0 Å². The fraction of sp³-hybridized carbons (Fsp3) is 1.00. The van der Waals surface area contributed by atoms with Crippen LogP contribution in [0.15, 0.2) is 0 Å². The van der Waals surface area contributed by atoms with Gasteiger partial charge in [0.1, 0.15) is 0 Å². The molecule has 48 valence electrons. The molecule has 0 saturated heterocycles. The average molecular weight is 114 g/mol. The summed E-state index contributed by atoms with van der Waals surface area (Å²) in [4.78, 5) is 0. The van der Waals surface area contributed by atoms with Crippen molar-refractivity contribution in [1.29, 1.82) is 0 Å². The van der Waals surface area contributed by atoms with Gasteiger partial charge in [0.15, 0.2) is 0 Å². The Morgan fingerprint density at radius 1 is 1.62 bits per heavy atom. The van der Waals surface area contributed by atoms with E-state index in [0.717, 1.165) is 6.42 Å². The lowest BCUT2D eigenvalue weighted by atomic mass is 10.1. The molecule has 1 nitrogen and oxygen atoms in total. The first kappa shape index (κ1) is 6.09. The van der Waals surface area contributed by atoms with Gasteiger partial charge in [0, 0.05) is 0 Å². The van der Waals surface area contributed by atoms with Crippen LogP contribution in [0.25, 0.3) is 0 Å². The van der Waals surface area contributed by atoms with E-state index in [9.17, 15) is 5.11 Å². The summed E-state index contributed by atoms with van der Waals surface area (Å²) in [5.41, 5.74) is -0.311. The first-order valence-corrected chi connectivity index (χ1v) is 3.26. The zero-order valence-electron chi connectivity index (χ0n) is 5.81. The predicted molar refractivity (Wildman–Crippen MR) is 33.6 cm³/mol. The van der Waals surface area contributed by atoms with Gasteiger partial charge in [0.25, 0.3) is 0 Å². The fourth-order valence-corrected chi connectivity index (χ4v) is 1.34. The van der Waals surface area contributed by atoms with Gasteiger partial charge in [-0.25, -0.2) is 0 Å². The van der Waals surface area contributed by atoms with Gasteiger partial charge in [-0.15, -0.1) is 0 Å². The minimum absolute atomic E-state index is 0.311. The summed E-state index contributed by atoms with van der Waals surface area (Å²) in [6, 6.07) is 0. The maximum absolute atomic E-state index is 9.26. The van der Waals surface area contributed by atoms with E-state index in [-0.39, 0.29) is 5.60 Å². The Morgan fingerprint density at radius 3 is 2.00 bits per heavy atom. The molecule has 1 N–H and O–H groups in total. The topological polar surface area (TPSA) is 20.2 Å². The van der Waals surface area contributed by atoms with Crippen LogP contribution in [-0.2, 0) is 0 Å². The zero-order chi connectivity index (χ0) is 6.36. The Morgan fingerprint density at radius 2 is 2.00 bits per heavy atom. The van der Waals surface area contributed by atoms with E-state index in [0.29, 0.717) is 11.8 Å². The fourth-order valence-electron chi connectivity index (χ4n) is 1.34. The molecule has 1 saturated carbocycles. The molecule has 1 fully saturated rings. The molecule has 0 aromatic heterocycles. The Bertz CT molecular complexity index is 94.6. The van der Waals surface area contributed by atoms with Crippen molar-refractivity contribution in [3.63, 3.8) is 0 Å². The zero-order valence-corrected chi connectivity index (χ0v) is 5.81. The van der Waals surface area contributed by atoms with Crippen molar-refractivity contribution in [2.45, 2.75) is 32.8 Å². The molecule has 0 aromatic rings. The molecule has 1 heteroatoms. The number of aliphatic hydroxyl groups is 1. The van der Waals surface area contributed by atoms with Crippen molar-refractivity contribution in [2.24, 2.45) is 11.8 Å². The third-order valence-corrected chi connectivity index (χ3v) is 2.08. The monoisotopic (exact) mass is 114 g/mol. The van der Waals surface area contributed by atoms with Gasteiger partial charge < -0.3 is 5.11 Å². The molecular formula is C7H14O. The molecule has 0 aliphatic heterocycles. The summed E-state index contributed by atoms with van der Waals surface area (Å²) >= 11 is 0. The van der Waals surface area contributed by atoms with Crippen LogP contribution in [0.3, 0.4) is 0 Å². The second-order valence-corrected chi connectivity index (χ2v) is 3.41. The highest BCUT2D eigenvalue weighted by Gasteiger charge is 2.49. The Labute approximate surface area is 50.7 Å². The summed E-state index contributed by atoms with van der Waals surface area (Å²) in [5, 5.41) is 9.26. The molecule has 2 atom stereocenters. The normalized spacial score (nSPS) is 45.4. The molecule has 0 amide bonds. The quantitative estimate of drug-likeness (QED) is 0.546.